The van der Waals surface area contributed by atoms with Crippen molar-refractivity contribution in [3.8, 4) is 0 Å². The van der Waals surface area contributed by atoms with E-state index in [0.717, 1.165) is 5.41 Å². The van der Waals surface area contributed by atoms with Crippen LogP contribution in [0, 0.1) is 29.1 Å². The van der Waals surface area contributed by atoms with E-state index in [2.05, 4.69) is 0 Å². The maximum Gasteiger partial charge on any atom is -0.0204 e. The van der Waals surface area contributed by atoms with Crippen molar-refractivity contribution >= 4 is 0 Å². The van der Waals surface area contributed by atoms with Gasteiger partial charge in [-0.2, -0.15) is 0 Å². The molecule has 0 saturated heterocycles. The first-order valence-corrected chi connectivity index (χ1v) is 4.43. The van der Waals surface area contributed by atoms with E-state index in [4.69, 9.17) is 0 Å². The Morgan fingerprint density at radius 1 is 1.11 bits per heavy atom. The molecule has 0 nitrogen and oxygen atoms in total. The quantitative estimate of drug-likeness (QED) is 0.459. The van der Waals surface area contributed by atoms with Crippen LogP contribution in [0.5, 0.6) is 0 Å². The number of hydrogen-bond acceptors (Lipinski definition) is 0. The molecule has 0 heteroatoms. The first kappa shape index (κ1) is 4.00. The monoisotopic (exact) mass is 120 g/mol. The normalized spacial score (nSPS) is 80.0. The minimum atomic E-state index is 1.04. The molecule has 6 rings (SSSR count). The summed E-state index contributed by atoms with van der Waals surface area (Å²) in [6, 6.07) is 0. The van der Waals surface area contributed by atoms with E-state index in [1.807, 2.05) is 0 Å². The number of hydrogen-bond donors (Lipinski definition) is 0. The third-order valence-electron chi connectivity index (χ3n) is 4.97. The second-order valence-corrected chi connectivity index (χ2v) is 4.70. The van der Waals surface area contributed by atoms with Crippen LogP contribution in [0.15, 0.2) is 0 Å². The summed E-state index contributed by atoms with van der Waals surface area (Å²) in [6.45, 7) is 0. The molecule has 6 aliphatic carbocycles. The zero-order valence-electron chi connectivity index (χ0n) is 5.64. The molecule has 3 atom stereocenters. The van der Waals surface area contributed by atoms with Gasteiger partial charge >= 0.3 is 0 Å². The van der Waals surface area contributed by atoms with E-state index >= 15 is 0 Å². The second kappa shape index (κ2) is 0.810. The molecule has 0 radical (unpaired) electrons. The summed E-state index contributed by atoms with van der Waals surface area (Å²) in [4.78, 5) is 0. The van der Waals surface area contributed by atoms with E-state index in [1.54, 1.807) is 25.7 Å². The molecule has 0 N–H and O–H groups in total. The minimum Gasteiger partial charge on any atom is -0.0496 e. The maximum absolute atomic E-state index is 1.65. The van der Waals surface area contributed by atoms with Crippen molar-refractivity contribution in [2.75, 3.05) is 0 Å². The van der Waals surface area contributed by atoms with E-state index in [-0.39, 0.29) is 0 Å². The molecule has 6 aliphatic rings. The molecule has 0 aromatic carbocycles. The smallest absolute Gasteiger partial charge is 0.0204 e. The summed E-state index contributed by atoms with van der Waals surface area (Å²) in [6.07, 6.45) is 6.51. The summed E-state index contributed by atoms with van der Waals surface area (Å²) in [7, 11) is 0. The van der Waals surface area contributed by atoms with Crippen LogP contribution in [0.25, 0.3) is 0 Å². The Kier molecular flexibility index (Phi) is 0.360. The fourth-order valence-electron chi connectivity index (χ4n) is 4.38. The molecule has 0 aromatic rings. The zero-order chi connectivity index (χ0) is 5.64. The summed E-state index contributed by atoms with van der Waals surface area (Å²) in [5.41, 5.74) is 1.04. The maximum atomic E-state index is 1.65. The molecular formula is C9H12. The Bertz CT molecular complexity index is 184. The van der Waals surface area contributed by atoms with Crippen LogP contribution in [0.1, 0.15) is 25.7 Å². The number of rotatable bonds is 0. The Labute approximate surface area is 55.6 Å². The highest BCUT2D eigenvalue weighted by atomic mass is 14.9. The fraction of sp³-hybridized carbons (Fsp3) is 1.00. The molecule has 0 amide bonds. The molecule has 48 valence electrons. The van der Waals surface area contributed by atoms with Gasteiger partial charge in [0.25, 0.3) is 0 Å². The lowest BCUT2D eigenvalue weighted by Crippen LogP contribution is -2.64. The molecule has 0 heterocycles. The van der Waals surface area contributed by atoms with E-state index in [9.17, 15) is 0 Å². The van der Waals surface area contributed by atoms with Crippen LogP contribution < -0.4 is 0 Å². The largest absolute Gasteiger partial charge is 0.0496 e. The third-order valence-corrected chi connectivity index (χ3v) is 4.97. The van der Waals surface area contributed by atoms with Crippen molar-refractivity contribution in [2.45, 2.75) is 25.7 Å². The van der Waals surface area contributed by atoms with E-state index in [1.165, 1.54) is 23.7 Å². The minimum absolute atomic E-state index is 1.04. The van der Waals surface area contributed by atoms with Gasteiger partial charge in [-0.05, 0) is 54.8 Å². The van der Waals surface area contributed by atoms with Crippen LogP contribution in [0.2, 0.25) is 0 Å². The summed E-state index contributed by atoms with van der Waals surface area (Å²) < 4.78 is 0. The lowest BCUT2D eigenvalue weighted by Gasteiger charge is -2.70. The molecular weight excluding hydrogens is 108 g/mol. The highest BCUT2D eigenvalue weighted by Gasteiger charge is 2.82. The first-order valence-electron chi connectivity index (χ1n) is 4.43. The van der Waals surface area contributed by atoms with Crippen LogP contribution in [-0.2, 0) is 0 Å². The lowest BCUT2D eigenvalue weighted by atomic mass is 9.35. The molecule has 6 fully saturated rings. The predicted octanol–water partition coefficient (Wildman–Crippen LogP) is 2.05. The lowest BCUT2D eigenvalue weighted by molar-refractivity contribution is -0.217. The highest BCUT2D eigenvalue weighted by molar-refractivity contribution is 5.30. The third kappa shape index (κ3) is 0.199. The van der Waals surface area contributed by atoms with Gasteiger partial charge in [-0.3, -0.25) is 0 Å². The standard InChI is InChI=1S/C9H12/c1-2-6-7-3-8(6)9(7)4-5(1)9/h5-8H,1-4H2. The molecule has 1 spiro atoms. The van der Waals surface area contributed by atoms with Gasteiger partial charge in [0.05, 0.1) is 0 Å². The molecule has 0 aromatic heterocycles. The van der Waals surface area contributed by atoms with Crippen molar-refractivity contribution in [1.29, 1.82) is 0 Å². The van der Waals surface area contributed by atoms with Gasteiger partial charge in [0.15, 0.2) is 0 Å². The Hall–Kier alpha value is 0. The van der Waals surface area contributed by atoms with Crippen molar-refractivity contribution in [1.82, 2.24) is 0 Å². The Morgan fingerprint density at radius 3 is 2.56 bits per heavy atom. The SMILES string of the molecule is C1CC2CC23C2CC3C12. The molecule has 6 saturated carbocycles. The van der Waals surface area contributed by atoms with Gasteiger partial charge < -0.3 is 0 Å². The second-order valence-electron chi connectivity index (χ2n) is 4.70. The fourth-order valence-corrected chi connectivity index (χ4v) is 4.38. The van der Waals surface area contributed by atoms with Crippen molar-refractivity contribution in [2.24, 2.45) is 29.1 Å². The van der Waals surface area contributed by atoms with Crippen molar-refractivity contribution in [3.05, 3.63) is 0 Å². The highest BCUT2D eigenvalue weighted by Crippen LogP contribution is 2.89. The van der Waals surface area contributed by atoms with Gasteiger partial charge in [-0.1, -0.05) is 0 Å². The molecule has 9 heavy (non-hydrogen) atoms. The topological polar surface area (TPSA) is 0 Å². The van der Waals surface area contributed by atoms with Gasteiger partial charge in [-0.25, -0.2) is 0 Å². The van der Waals surface area contributed by atoms with Crippen LogP contribution in [0.4, 0.5) is 0 Å². The van der Waals surface area contributed by atoms with E-state index in [0.29, 0.717) is 0 Å². The van der Waals surface area contributed by atoms with Gasteiger partial charge in [0.1, 0.15) is 0 Å². The van der Waals surface area contributed by atoms with Gasteiger partial charge in [0.2, 0.25) is 0 Å². The van der Waals surface area contributed by atoms with Gasteiger partial charge in [0, 0.05) is 0 Å². The predicted molar refractivity (Wildman–Crippen MR) is 34.9 cm³/mol. The zero-order valence-corrected chi connectivity index (χ0v) is 5.64. The van der Waals surface area contributed by atoms with E-state index < -0.39 is 0 Å². The Balaban J connectivity index is 1.90. The van der Waals surface area contributed by atoms with Crippen LogP contribution in [0.3, 0.4) is 0 Å². The summed E-state index contributed by atoms with van der Waals surface area (Å²) >= 11 is 0. The Morgan fingerprint density at radius 2 is 2.00 bits per heavy atom. The molecule has 3 unspecified atom stereocenters. The first-order chi connectivity index (χ1) is 4.43. The van der Waals surface area contributed by atoms with Crippen molar-refractivity contribution in [3.63, 3.8) is 0 Å². The molecule has 0 aliphatic heterocycles. The summed E-state index contributed by atoms with van der Waals surface area (Å²) in [5, 5.41) is 0. The molecule has 4 bridgehead atoms. The van der Waals surface area contributed by atoms with Crippen LogP contribution in [-0.4, -0.2) is 0 Å². The van der Waals surface area contributed by atoms with Gasteiger partial charge in [-0.15, -0.1) is 0 Å². The number of fused-ring (bicyclic) bond motifs is 1. The average molecular weight is 120 g/mol. The van der Waals surface area contributed by atoms with Crippen LogP contribution >= 0.6 is 0 Å². The average Bonchev–Trinajstić information content (AvgIpc) is 2.37. The summed E-state index contributed by atoms with van der Waals surface area (Å²) in [5.74, 6) is 5.03. The van der Waals surface area contributed by atoms with Crippen molar-refractivity contribution < 1.29 is 0 Å².